The van der Waals surface area contributed by atoms with Crippen molar-refractivity contribution in [2.75, 3.05) is 0 Å². The molecule has 8 fully saturated rings. The lowest BCUT2D eigenvalue weighted by Crippen LogP contribution is -2.71. The van der Waals surface area contributed by atoms with Crippen molar-refractivity contribution in [1.82, 2.24) is 0 Å². The summed E-state index contributed by atoms with van der Waals surface area (Å²) in [5.74, 6) is 13.7. The fourth-order valence-corrected chi connectivity index (χ4v) is 16.3. The van der Waals surface area contributed by atoms with Crippen molar-refractivity contribution in [3.63, 3.8) is 0 Å². The zero-order chi connectivity index (χ0) is 35.5. The molecule has 4 aromatic carbocycles. The van der Waals surface area contributed by atoms with E-state index in [0.29, 0.717) is 32.5 Å². The minimum absolute atomic E-state index is 0.265. The summed E-state index contributed by atoms with van der Waals surface area (Å²) in [6, 6.07) is 40.1. The van der Waals surface area contributed by atoms with Gasteiger partial charge in [-0.2, -0.15) is 0 Å². The Morgan fingerprint density at radius 3 is 0.904 bits per heavy atom. The normalized spacial score (nSPS) is 40.5. The molecule has 0 nitrogen and oxygen atoms in total. The molecular formula is C52H54. The average molecular weight is 679 g/mol. The zero-order valence-electron chi connectivity index (χ0n) is 31.9. The Morgan fingerprint density at radius 1 is 0.308 bits per heavy atom. The molecule has 0 N–H and O–H groups in total. The predicted octanol–water partition coefficient (Wildman–Crippen LogP) is 12.4. The van der Waals surface area contributed by atoms with Crippen molar-refractivity contribution in [2.24, 2.45) is 32.5 Å². The predicted molar refractivity (Wildman–Crippen MR) is 214 cm³/mol. The SMILES string of the molecule is CC12CC3(C)CC(c4ccc(C#Cc5ccccc5)cc4)(C1)CC(C14CC5(C)CC(C)(CC(c6ccc(C#Cc7ccccc7)cc6)(C5)C1)C4)(C2)C3. The van der Waals surface area contributed by atoms with Crippen LogP contribution in [0.3, 0.4) is 0 Å². The minimum Gasteiger partial charge on any atom is -0.0622 e. The van der Waals surface area contributed by atoms with Gasteiger partial charge in [0.15, 0.2) is 0 Å². The molecule has 0 heteroatoms. The third-order valence-electron chi connectivity index (χ3n) is 15.6. The molecule has 4 aromatic rings. The van der Waals surface area contributed by atoms with Crippen molar-refractivity contribution in [2.45, 2.75) is 116 Å². The number of hydrogen-bond acceptors (Lipinski definition) is 0. The fourth-order valence-electron chi connectivity index (χ4n) is 16.3. The summed E-state index contributed by atoms with van der Waals surface area (Å²) in [5, 5.41) is 0. The van der Waals surface area contributed by atoms with Crippen molar-refractivity contribution in [1.29, 1.82) is 0 Å². The first-order valence-electron chi connectivity index (χ1n) is 20.2. The summed E-state index contributed by atoms with van der Waals surface area (Å²) >= 11 is 0. The van der Waals surface area contributed by atoms with E-state index >= 15 is 0 Å². The molecule has 0 saturated heterocycles. The van der Waals surface area contributed by atoms with E-state index in [-0.39, 0.29) is 10.8 Å². The maximum Gasteiger partial charge on any atom is 0.0249 e. The van der Waals surface area contributed by atoms with Crippen LogP contribution in [-0.4, -0.2) is 0 Å². The van der Waals surface area contributed by atoms with E-state index in [1.807, 2.05) is 0 Å². The molecule has 12 rings (SSSR count). The van der Waals surface area contributed by atoms with Gasteiger partial charge in [0.1, 0.15) is 0 Å². The van der Waals surface area contributed by atoms with Crippen LogP contribution in [0, 0.1) is 56.2 Å². The molecule has 0 heterocycles. The Morgan fingerprint density at radius 2 is 0.596 bits per heavy atom. The maximum absolute atomic E-state index is 3.46. The first-order chi connectivity index (χ1) is 24.8. The lowest BCUT2D eigenvalue weighted by molar-refractivity contribution is -0.275. The largest absolute Gasteiger partial charge is 0.0622 e. The molecule has 4 atom stereocenters. The molecule has 8 aliphatic carbocycles. The summed E-state index contributed by atoms with van der Waals surface area (Å²) in [5.41, 5.74) is 10.6. The summed E-state index contributed by atoms with van der Waals surface area (Å²) < 4.78 is 0. The van der Waals surface area contributed by atoms with Gasteiger partial charge in [-0.05, 0) is 180 Å². The molecule has 0 spiro atoms. The van der Waals surface area contributed by atoms with E-state index in [4.69, 9.17) is 0 Å². The second kappa shape index (κ2) is 10.8. The Bertz CT molecular complexity index is 1970. The first-order valence-corrected chi connectivity index (χ1v) is 20.2. The summed E-state index contributed by atoms with van der Waals surface area (Å²) in [6.45, 7) is 10.8. The van der Waals surface area contributed by atoms with Crippen LogP contribution in [0.1, 0.15) is 138 Å². The third kappa shape index (κ3) is 5.11. The second-order valence-electron chi connectivity index (χ2n) is 20.9. The maximum atomic E-state index is 3.46. The summed E-state index contributed by atoms with van der Waals surface area (Å²) in [6.07, 6.45) is 16.8. The van der Waals surface area contributed by atoms with E-state index in [2.05, 4.69) is 161 Å². The monoisotopic (exact) mass is 678 g/mol. The van der Waals surface area contributed by atoms with Crippen LogP contribution in [0.2, 0.25) is 0 Å². The third-order valence-corrected chi connectivity index (χ3v) is 15.6. The average Bonchev–Trinajstić information content (AvgIpc) is 3.08. The van der Waals surface area contributed by atoms with Crippen LogP contribution < -0.4 is 0 Å². The van der Waals surface area contributed by atoms with E-state index in [0.717, 1.165) is 22.3 Å². The van der Waals surface area contributed by atoms with E-state index in [1.165, 1.54) is 77.0 Å². The fraction of sp³-hybridized carbons (Fsp3) is 0.462. The number of hydrogen-bond donors (Lipinski definition) is 0. The Labute approximate surface area is 313 Å². The van der Waals surface area contributed by atoms with Crippen molar-refractivity contribution in [3.05, 3.63) is 143 Å². The van der Waals surface area contributed by atoms with E-state index < -0.39 is 0 Å². The van der Waals surface area contributed by atoms with Gasteiger partial charge in [-0.3, -0.25) is 0 Å². The molecule has 262 valence electrons. The zero-order valence-corrected chi connectivity index (χ0v) is 31.9. The number of rotatable bonds is 3. The summed E-state index contributed by atoms with van der Waals surface area (Å²) in [4.78, 5) is 0. The van der Waals surface area contributed by atoms with Gasteiger partial charge in [0, 0.05) is 22.3 Å². The molecule has 0 aromatic heterocycles. The molecule has 52 heavy (non-hydrogen) atoms. The molecule has 8 aliphatic rings. The van der Waals surface area contributed by atoms with Crippen LogP contribution in [-0.2, 0) is 10.8 Å². The number of benzene rings is 4. The highest BCUT2D eigenvalue weighted by molar-refractivity contribution is 5.47. The van der Waals surface area contributed by atoms with Crippen LogP contribution in [0.25, 0.3) is 0 Å². The van der Waals surface area contributed by atoms with Crippen molar-refractivity contribution < 1.29 is 0 Å². The molecular weight excluding hydrogens is 625 g/mol. The van der Waals surface area contributed by atoms with Gasteiger partial charge in [-0.1, -0.05) is 112 Å². The Hall–Kier alpha value is -4.00. The van der Waals surface area contributed by atoms with Crippen LogP contribution in [0.5, 0.6) is 0 Å². The highest BCUT2D eigenvalue weighted by atomic mass is 14.8. The van der Waals surface area contributed by atoms with Gasteiger partial charge < -0.3 is 0 Å². The lowest BCUT2D eigenvalue weighted by atomic mass is 9.24. The topological polar surface area (TPSA) is 0 Å². The van der Waals surface area contributed by atoms with Crippen LogP contribution >= 0.6 is 0 Å². The van der Waals surface area contributed by atoms with E-state index in [1.54, 1.807) is 11.1 Å². The van der Waals surface area contributed by atoms with E-state index in [9.17, 15) is 0 Å². The molecule has 0 radical (unpaired) electrons. The van der Waals surface area contributed by atoms with Gasteiger partial charge in [0.2, 0.25) is 0 Å². The molecule has 0 aliphatic heterocycles. The second-order valence-corrected chi connectivity index (χ2v) is 20.9. The Kier molecular flexibility index (Phi) is 6.77. The molecule has 4 unspecified atom stereocenters. The molecule has 0 amide bonds. The minimum atomic E-state index is 0.265. The van der Waals surface area contributed by atoms with Crippen LogP contribution in [0.15, 0.2) is 109 Å². The summed E-state index contributed by atoms with van der Waals surface area (Å²) in [7, 11) is 0. The lowest BCUT2D eigenvalue weighted by Gasteiger charge is -2.80. The van der Waals surface area contributed by atoms with Gasteiger partial charge in [0.05, 0.1) is 0 Å². The van der Waals surface area contributed by atoms with Gasteiger partial charge >= 0.3 is 0 Å². The van der Waals surface area contributed by atoms with Crippen LogP contribution in [0.4, 0.5) is 0 Å². The first kappa shape index (κ1) is 32.6. The highest BCUT2D eigenvalue weighted by Gasteiger charge is 2.76. The van der Waals surface area contributed by atoms with Gasteiger partial charge in [-0.25, -0.2) is 0 Å². The highest BCUT2D eigenvalue weighted by Crippen LogP contribution is 2.85. The smallest absolute Gasteiger partial charge is 0.0249 e. The van der Waals surface area contributed by atoms with Crippen molar-refractivity contribution in [3.8, 4) is 23.7 Å². The van der Waals surface area contributed by atoms with Crippen molar-refractivity contribution >= 4 is 0 Å². The Balaban J connectivity index is 1.02. The molecule has 8 saturated carbocycles. The quantitative estimate of drug-likeness (QED) is 0.189. The molecule has 8 bridgehead atoms. The van der Waals surface area contributed by atoms with Gasteiger partial charge in [-0.15, -0.1) is 0 Å². The van der Waals surface area contributed by atoms with Gasteiger partial charge in [0.25, 0.3) is 0 Å². The standard InChI is InChI=1S/C52H54/c1-45-27-46(2)30-49(29-45,43-23-19-41(20-24-43)17-15-39-11-7-5-8-12-39)37-51(33-45,34-46)52-35-47(3)28-48(4,36-52)32-50(31-47,38-52)44-25-21-42(22-26-44)18-16-40-13-9-6-10-14-40/h5-14,19-26H,27-38H2,1-4H3.